The highest BCUT2D eigenvalue weighted by Crippen LogP contribution is 2.16. The van der Waals surface area contributed by atoms with Gasteiger partial charge in [-0.2, -0.15) is 11.3 Å². The van der Waals surface area contributed by atoms with E-state index in [4.69, 9.17) is 0 Å². The number of amidine groups is 1. The quantitative estimate of drug-likeness (QED) is 0.794. The smallest absolute Gasteiger partial charge is 0.0967 e. The molecule has 0 amide bonds. The zero-order valence-electron chi connectivity index (χ0n) is 8.49. The van der Waals surface area contributed by atoms with E-state index in [0.29, 0.717) is 6.04 Å². The third-order valence-corrected chi connectivity index (χ3v) is 3.25. The van der Waals surface area contributed by atoms with Gasteiger partial charge >= 0.3 is 0 Å². The molecule has 2 heterocycles. The van der Waals surface area contributed by atoms with Crippen LogP contribution in [0, 0.1) is 0 Å². The summed E-state index contributed by atoms with van der Waals surface area (Å²) in [6, 6.07) is 2.57. The second kappa shape index (κ2) is 4.60. The molecule has 0 aromatic carbocycles. The van der Waals surface area contributed by atoms with Crippen LogP contribution in [0.1, 0.15) is 37.8 Å². The molecule has 0 saturated heterocycles. The zero-order chi connectivity index (χ0) is 9.80. The highest BCUT2D eigenvalue weighted by Gasteiger charge is 2.10. The second-order valence-corrected chi connectivity index (χ2v) is 4.49. The Bertz CT molecular complexity index is 303. The summed E-state index contributed by atoms with van der Waals surface area (Å²) in [5.41, 5.74) is 1.36. The molecule has 1 unspecified atom stereocenters. The van der Waals surface area contributed by atoms with Crippen LogP contribution in [0.2, 0.25) is 0 Å². The highest BCUT2D eigenvalue weighted by molar-refractivity contribution is 7.07. The molecule has 0 fully saturated rings. The summed E-state index contributed by atoms with van der Waals surface area (Å²) in [4.78, 5) is 4.49. The number of hydrogen-bond acceptors (Lipinski definition) is 3. The van der Waals surface area contributed by atoms with E-state index in [-0.39, 0.29) is 0 Å². The van der Waals surface area contributed by atoms with Crippen LogP contribution in [0.3, 0.4) is 0 Å². The van der Waals surface area contributed by atoms with Gasteiger partial charge < -0.3 is 5.32 Å². The molecular weight excluding hydrogens is 192 g/mol. The van der Waals surface area contributed by atoms with E-state index in [1.807, 2.05) is 0 Å². The summed E-state index contributed by atoms with van der Waals surface area (Å²) in [5.74, 6) is 1.19. The Morgan fingerprint density at radius 2 is 2.43 bits per heavy atom. The molecule has 0 radical (unpaired) electrons. The Labute approximate surface area is 89.1 Å². The summed E-state index contributed by atoms with van der Waals surface area (Å²) >= 11 is 1.75. The molecule has 1 atom stereocenters. The fourth-order valence-electron chi connectivity index (χ4n) is 1.67. The summed E-state index contributed by atoms with van der Waals surface area (Å²) in [6.07, 6.45) is 3.65. The number of hydrogen-bond donors (Lipinski definition) is 1. The van der Waals surface area contributed by atoms with E-state index in [2.05, 4.69) is 34.1 Å². The molecule has 0 saturated carbocycles. The molecule has 2 rings (SSSR count). The SMILES string of the molecule is CC(NC1=NCCCC1)c1ccsc1. The van der Waals surface area contributed by atoms with Gasteiger partial charge in [0.2, 0.25) is 0 Å². The maximum Gasteiger partial charge on any atom is 0.0967 e. The number of aliphatic imine (C=N–C) groups is 1. The van der Waals surface area contributed by atoms with Crippen molar-refractivity contribution in [2.45, 2.75) is 32.2 Å². The van der Waals surface area contributed by atoms with E-state index in [1.54, 1.807) is 11.3 Å². The normalized spacial score (nSPS) is 18.8. The molecule has 0 spiro atoms. The first-order chi connectivity index (χ1) is 6.86. The lowest BCUT2D eigenvalue weighted by atomic mass is 10.1. The molecular formula is C11H16N2S. The maximum atomic E-state index is 4.49. The van der Waals surface area contributed by atoms with Crippen molar-refractivity contribution in [1.29, 1.82) is 0 Å². The van der Waals surface area contributed by atoms with Crippen molar-refractivity contribution in [1.82, 2.24) is 5.32 Å². The summed E-state index contributed by atoms with van der Waals surface area (Å²) in [7, 11) is 0. The molecule has 0 aliphatic carbocycles. The van der Waals surface area contributed by atoms with Gasteiger partial charge in [-0.3, -0.25) is 4.99 Å². The van der Waals surface area contributed by atoms with Crippen LogP contribution >= 0.6 is 11.3 Å². The van der Waals surface area contributed by atoms with Crippen molar-refractivity contribution >= 4 is 17.2 Å². The predicted octanol–water partition coefficient (Wildman–Crippen LogP) is 2.98. The maximum absolute atomic E-state index is 4.49. The van der Waals surface area contributed by atoms with E-state index < -0.39 is 0 Å². The van der Waals surface area contributed by atoms with Crippen molar-refractivity contribution < 1.29 is 0 Å². The van der Waals surface area contributed by atoms with Crippen molar-refractivity contribution in [3.8, 4) is 0 Å². The molecule has 14 heavy (non-hydrogen) atoms. The summed E-state index contributed by atoms with van der Waals surface area (Å²) in [5, 5.41) is 7.79. The third-order valence-electron chi connectivity index (χ3n) is 2.55. The number of rotatable bonds is 2. The van der Waals surface area contributed by atoms with Gasteiger partial charge in [0, 0.05) is 13.0 Å². The van der Waals surface area contributed by atoms with Crippen molar-refractivity contribution in [2.75, 3.05) is 6.54 Å². The van der Waals surface area contributed by atoms with Crippen molar-refractivity contribution in [2.24, 2.45) is 4.99 Å². The largest absolute Gasteiger partial charge is 0.367 e. The van der Waals surface area contributed by atoms with E-state index >= 15 is 0 Å². The third kappa shape index (κ3) is 2.35. The van der Waals surface area contributed by atoms with Gasteiger partial charge in [-0.25, -0.2) is 0 Å². The van der Waals surface area contributed by atoms with E-state index in [0.717, 1.165) is 13.0 Å². The molecule has 0 bridgehead atoms. The molecule has 76 valence electrons. The van der Waals surface area contributed by atoms with Crippen LogP contribution in [0.5, 0.6) is 0 Å². The lowest BCUT2D eigenvalue weighted by molar-refractivity contribution is 0.657. The number of nitrogens with zero attached hydrogens (tertiary/aromatic N) is 1. The van der Waals surface area contributed by atoms with E-state index in [9.17, 15) is 0 Å². The summed E-state index contributed by atoms with van der Waals surface area (Å²) < 4.78 is 0. The Hall–Kier alpha value is -0.830. The molecule has 2 nitrogen and oxygen atoms in total. The van der Waals surface area contributed by atoms with Gasteiger partial charge in [0.15, 0.2) is 0 Å². The molecule has 1 aromatic rings. The standard InChI is InChI=1S/C11H16N2S/c1-9(10-5-7-14-8-10)13-11-4-2-3-6-12-11/h5,7-9H,2-4,6H2,1H3,(H,12,13). The molecule has 1 aliphatic rings. The first-order valence-electron chi connectivity index (χ1n) is 5.18. The zero-order valence-corrected chi connectivity index (χ0v) is 9.31. The van der Waals surface area contributed by atoms with Gasteiger partial charge in [-0.1, -0.05) is 0 Å². The topological polar surface area (TPSA) is 24.4 Å². The first-order valence-corrected chi connectivity index (χ1v) is 6.12. The molecule has 1 aromatic heterocycles. The fraction of sp³-hybridized carbons (Fsp3) is 0.545. The van der Waals surface area contributed by atoms with Gasteiger partial charge in [0.25, 0.3) is 0 Å². The van der Waals surface area contributed by atoms with Crippen LogP contribution in [0.4, 0.5) is 0 Å². The van der Waals surface area contributed by atoms with Crippen LogP contribution < -0.4 is 5.32 Å². The highest BCUT2D eigenvalue weighted by atomic mass is 32.1. The minimum atomic E-state index is 0.401. The molecule has 1 aliphatic heterocycles. The van der Waals surface area contributed by atoms with E-state index in [1.165, 1.54) is 24.2 Å². The number of thiophene rings is 1. The minimum absolute atomic E-state index is 0.401. The van der Waals surface area contributed by atoms with Gasteiger partial charge in [0.1, 0.15) is 0 Å². The lowest BCUT2D eigenvalue weighted by Gasteiger charge is -2.18. The van der Waals surface area contributed by atoms with Crippen LogP contribution in [-0.2, 0) is 0 Å². The second-order valence-electron chi connectivity index (χ2n) is 3.71. The fourth-order valence-corrected chi connectivity index (χ4v) is 2.42. The van der Waals surface area contributed by atoms with Gasteiger partial charge in [-0.05, 0) is 42.2 Å². The average Bonchev–Trinajstić information content (AvgIpc) is 2.72. The lowest BCUT2D eigenvalue weighted by Crippen LogP contribution is -2.28. The van der Waals surface area contributed by atoms with Crippen molar-refractivity contribution in [3.63, 3.8) is 0 Å². The Morgan fingerprint density at radius 3 is 3.07 bits per heavy atom. The molecule has 3 heteroatoms. The Kier molecular flexibility index (Phi) is 3.19. The predicted molar refractivity (Wildman–Crippen MR) is 62.0 cm³/mol. The average molecular weight is 208 g/mol. The summed E-state index contributed by atoms with van der Waals surface area (Å²) in [6.45, 7) is 3.19. The van der Waals surface area contributed by atoms with Crippen molar-refractivity contribution in [3.05, 3.63) is 22.4 Å². The number of nitrogens with one attached hydrogen (secondary N) is 1. The Balaban J connectivity index is 1.94. The van der Waals surface area contributed by atoms with Gasteiger partial charge in [0.05, 0.1) is 11.9 Å². The molecule has 1 N–H and O–H groups in total. The van der Waals surface area contributed by atoms with Crippen LogP contribution in [-0.4, -0.2) is 12.4 Å². The van der Waals surface area contributed by atoms with Crippen LogP contribution in [0.15, 0.2) is 21.8 Å². The Morgan fingerprint density at radius 1 is 1.50 bits per heavy atom. The first kappa shape index (κ1) is 9.71. The minimum Gasteiger partial charge on any atom is -0.367 e. The van der Waals surface area contributed by atoms with Crippen LogP contribution in [0.25, 0.3) is 0 Å². The van der Waals surface area contributed by atoms with Gasteiger partial charge in [-0.15, -0.1) is 0 Å². The monoisotopic (exact) mass is 208 g/mol.